The van der Waals surface area contributed by atoms with Crippen molar-refractivity contribution in [2.75, 3.05) is 47.1 Å². The third-order valence-electron chi connectivity index (χ3n) is 5.86. The summed E-state index contributed by atoms with van der Waals surface area (Å²) in [5.74, 6) is 1.39. The Morgan fingerprint density at radius 1 is 1.23 bits per heavy atom. The highest BCUT2D eigenvalue weighted by Gasteiger charge is 2.41. The van der Waals surface area contributed by atoms with E-state index >= 15 is 0 Å². The van der Waals surface area contributed by atoms with Crippen molar-refractivity contribution in [3.05, 3.63) is 23.8 Å². The van der Waals surface area contributed by atoms with Gasteiger partial charge in [0.05, 0.1) is 26.2 Å². The predicted molar refractivity (Wildman–Crippen MR) is 117 cm³/mol. The molecule has 0 aliphatic carbocycles. The monoisotopic (exact) mass is 433 g/mol. The van der Waals surface area contributed by atoms with Crippen LogP contribution >= 0.6 is 0 Å². The molecule has 2 N–H and O–H groups in total. The molecule has 2 aliphatic rings. The predicted octanol–water partition coefficient (Wildman–Crippen LogP) is 1.37. The number of carbonyl (C=O) groups is 2. The summed E-state index contributed by atoms with van der Waals surface area (Å²) in [7, 11) is 3.15. The standard InChI is InChI=1S/C23H35N3O5/c1-16(2)13-26-14-20(22(28)25-23(15-26)5-7-31-8-6-23)24-21(27)11-17-9-18(29-3)12-19(10-17)30-4/h9-10,12,16,20H,5-8,11,13-15H2,1-4H3,(H,24,27)(H,25,28). The molecule has 8 heteroatoms. The van der Waals surface area contributed by atoms with Crippen molar-refractivity contribution in [2.24, 2.45) is 5.92 Å². The summed E-state index contributed by atoms with van der Waals surface area (Å²) in [6, 6.07) is 4.77. The maximum Gasteiger partial charge on any atom is 0.244 e. The second-order valence-corrected chi connectivity index (χ2v) is 8.99. The topological polar surface area (TPSA) is 89.1 Å². The van der Waals surface area contributed by atoms with Crippen molar-refractivity contribution in [2.45, 2.75) is 44.7 Å². The average Bonchev–Trinajstić information content (AvgIpc) is 2.83. The molecule has 2 saturated heterocycles. The number of methoxy groups -OCH3 is 2. The van der Waals surface area contributed by atoms with E-state index in [9.17, 15) is 9.59 Å². The fourth-order valence-electron chi connectivity index (χ4n) is 4.43. The first-order valence-electron chi connectivity index (χ1n) is 11.0. The highest BCUT2D eigenvalue weighted by Crippen LogP contribution is 2.26. The van der Waals surface area contributed by atoms with Crippen LogP contribution in [0.4, 0.5) is 0 Å². The Hall–Kier alpha value is -2.32. The summed E-state index contributed by atoms with van der Waals surface area (Å²) in [5, 5.41) is 6.19. The van der Waals surface area contributed by atoms with Gasteiger partial charge in [0, 0.05) is 38.9 Å². The molecule has 2 aliphatic heterocycles. The lowest BCUT2D eigenvalue weighted by molar-refractivity contribution is -0.129. The first-order chi connectivity index (χ1) is 14.8. The molecule has 0 bridgehead atoms. The largest absolute Gasteiger partial charge is 0.497 e. The van der Waals surface area contributed by atoms with Crippen molar-refractivity contribution in [3.8, 4) is 11.5 Å². The number of rotatable bonds is 7. The Balaban J connectivity index is 1.71. The maximum atomic E-state index is 13.1. The Bertz CT molecular complexity index is 754. The molecule has 0 saturated carbocycles. The zero-order chi connectivity index (χ0) is 22.4. The molecule has 2 fully saturated rings. The Labute approximate surface area is 184 Å². The zero-order valence-corrected chi connectivity index (χ0v) is 19.0. The second-order valence-electron chi connectivity index (χ2n) is 8.99. The van der Waals surface area contributed by atoms with Crippen molar-refractivity contribution in [1.82, 2.24) is 15.5 Å². The molecular weight excluding hydrogens is 398 g/mol. The summed E-state index contributed by atoms with van der Waals surface area (Å²) in [5.41, 5.74) is 0.479. The number of amides is 2. The van der Waals surface area contributed by atoms with Crippen LogP contribution in [0.5, 0.6) is 11.5 Å². The molecule has 1 aromatic rings. The van der Waals surface area contributed by atoms with Crippen LogP contribution < -0.4 is 20.1 Å². The molecular formula is C23H35N3O5. The van der Waals surface area contributed by atoms with Gasteiger partial charge in [-0.2, -0.15) is 0 Å². The number of hydrogen-bond donors (Lipinski definition) is 2. The number of nitrogens with zero attached hydrogens (tertiary/aromatic N) is 1. The highest BCUT2D eigenvalue weighted by molar-refractivity contribution is 5.89. The van der Waals surface area contributed by atoms with Crippen LogP contribution in [-0.4, -0.2) is 75.4 Å². The molecule has 3 rings (SSSR count). The SMILES string of the molecule is COc1cc(CC(=O)NC2CN(CC(C)C)CC3(CCOCC3)NC2=O)cc(OC)c1. The van der Waals surface area contributed by atoms with Gasteiger partial charge in [-0.3, -0.25) is 14.5 Å². The molecule has 1 spiro atoms. The second kappa shape index (κ2) is 10.3. The maximum absolute atomic E-state index is 13.1. The number of benzene rings is 1. The van der Waals surface area contributed by atoms with E-state index in [4.69, 9.17) is 14.2 Å². The minimum Gasteiger partial charge on any atom is -0.497 e. The highest BCUT2D eigenvalue weighted by atomic mass is 16.5. The number of ether oxygens (including phenoxy) is 3. The number of nitrogens with one attached hydrogen (secondary N) is 2. The van der Waals surface area contributed by atoms with Gasteiger partial charge in [-0.15, -0.1) is 0 Å². The van der Waals surface area contributed by atoms with Gasteiger partial charge >= 0.3 is 0 Å². The first-order valence-corrected chi connectivity index (χ1v) is 11.0. The van der Waals surface area contributed by atoms with Crippen molar-refractivity contribution >= 4 is 11.8 Å². The number of carbonyl (C=O) groups excluding carboxylic acids is 2. The average molecular weight is 434 g/mol. The summed E-state index contributed by atoms with van der Waals surface area (Å²) in [6.45, 7) is 7.77. The molecule has 172 valence electrons. The molecule has 0 radical (unpaired) electrons. The fourth-order valence-corrected chi connectivity index (χ4v) is 4.43. The van der Waals surface area contributed by atoms with E-state index < -0.39 is 6.04 Å². The summed E-state index contributed by atoms with van der Waals surface area (Å²) in [4.78, 5) is 28.2. The Morgan fingerprint density at radius 3 is 2.45 bits per heavy atom. The third kappa shape index (κ3) is 6.33. The first kappa shape index (κ1) is 23.3. The van der Waals surface area contributed by atoms with Crippen molar-refractivity contribution < 1.29 is 23.8 Å². The van der Waals surface area contributed by atoms with E-state index in [1.807, 2.05) is 0 Å². The molecule has 2 heterocycles. The van der Waals surface area contributed by atoms with Crippen molar-refractivity contribution in [3.63, 3.8) is 0 Å². The zero-order valence-electron chi connectivity index (χ0n) is 19.0. The van der Waals surface area contributed by atoms with Crippen LogP contribution in [0, 0.1) is 5.92 Å². The van der Waals surface area contributed by atoms with Gasteiger partial charge in [0.25, 0.3) is 0 Å². The van der Waals surface area contributed by atoms with E-state index in [-0.39, 0.29) is 23.8 Å². The lowest BCUT2D eigenvalue weighted by atomic mass is 9.89. The van der Waals surface area contributed by atoms with Crippen LogP contribution in [0.25, 0.3) is 0 Å². The molecule has 1 unspecified atom stereocenters. The summed E-state index contributed by atoms with van der Waals surface area (Å²) >= 11 is 0. The van der Waals surface area contributed by atoms with Gasteiger partial charge < -0.3 is 24.8 Å². The minimum absolute atomic E-state index is 0.121. The lowest BCUT2D eigenvalue weighted by Crippen LogP contribution is -2.57. The van der Waals surface area contributed by atoms with Gasteiger partial charge in [-0.05, 0) is 36.5 Å². The van der Waals surface area contributed by atoms with E-state index in [1.165, 1.54) is 0 Å². The summed E-state index contributed by atoms with van der Waals surface area (Å²) in [6.07, 6.45) is 1.72. The van der Waals surface area contributed by atoms with Gasteiger partial charge in [0.15, 0.2) is 0 Å². The third-order valence-corrected chi connectivity index (χ3v) is 5.86. The molecule has 8 nitrogen and oxygen atoms in total. The van der Waals surface area contributed by atoms with Gasteiger partial charge in [0.1, 0.15) is 17.5 Å². The van der Waals surface area contributed by atoms with Gasteiger partial charge in [0.2, 0.25) is 11.8 Å². The normalized spacial score (nSPS) is 21.5. The van der Waals surface area contributed by atoms with Crippen LogP contribution in [0.15, 0.2) is 18.2 Å². The van der Waals surface area contributed by atoms with E-state index in [2.05, 4.69) is 29.4 Å². The summed E-state index contributed by atoms with van der Waals surface area (Å²) < 4.78 is 16.1. The van der Waals surface area contributed by atoms with Crippen molar-refractivity contribution in [1.29, 1.82) is 0 Å². The molecule has 1 aromatic carbocycles. The van der Waals surface area contributed by atoms with Crippen LogP contribution in [-0.2, 0) is 20.7 Å². The molecule has 0 aromatic heterocycles. The Kier molecular flexibility index (Phi) is 7.78. The quantitative estimate of drug-likeness (QED) is 0.675. The molecule has 2 amide bonds. The van der Waals surface area contributed by atoms with E-state index in [0.717, 1.165) is 31.5 Å². The van der Waals surface area contributed by atoms with Crippen LogP contribution in [0.2, 0.25) is 0 Å². The van der Waals surface area contributed by atoms with Gasteiger partial charge in [-0.1, -0.05) is 13.8 Å². The molecule has 31 heavy (non-hydrogen) atoms. The molecule has 1 atom stereocenters. The Morgan fingerprint density at radius 2 is 1.87 bits per heavy atom. The van der Waals surface area contributed by atoms with Crippen LogP contribution in [0.1, 0.15) is 32.3 Å². The smallest absolute Gasteiger partial charge is 0.244 e. The van der Waals surface area contributed by atoms with E-state index in [1.54, 1.807) is 32.4 Å². The minimum atomic E-state index is -0.596. The number of hydrogen-bond acceptors (Lipinski definition) is 6. The van der Waals surface area contributed by atoms with Crippen LogP contribution in [0.3, 0.4) is 0 Å². The van der Waals surface area contributed by atoms with Gasteiger partial charge in [-0.25, -0.2) is 0 Å². The fraction of sp³-hybridized carbons (Fsp3) is 0.652. The lowest BCUT2D eigenvalue weighted by Gasteiger charge is -2.39. The van der Waals surface area contributed by atoms with E-state index in [0.29, 0.717) is 37.2 Å².